The molecule has 2 rings (SSSR count). The van der Waals surface area contributed by atoms with E-state index < -0.39 is 18.0 Å². The largest absolute Gasteiger partial charge is 0.356 e. The number of ether oxygens (including phenoxy) is 1. The first-order valence-electron chi connectivity index (χ1n) is 6.95. The highest BCUT2D eigenvalue weighted by Crippen LogP contribution is 2.30. The number of morpholine rings is 1. The number of amides is 2. The monoisotopic (exact) mass is 294 g/mol. The first-order chi connectivity index (χ1) is 10.1. The summed E-state index contributed by atoms with van der Waals surface area (Å²) in [6.45, 7) is 2.28. The molecule has 0 radical (unpaired) electrons. The molecule has 0 spiro atoms. The molecule has 1 fully saturated rings. The van der Waals surface area contributed by atoms with Gasteiger partial charge in [-0.2, -0.15) is 0 Å². The summed E-state index contributed by atoms with van der Waals surface area (Å²) in [4.78, 5) is 25.4. The summed E-state index contributed by atoms with van der Waals surface area (Å²) in [5.41, 5.74) is 0.282. The molecule has 21 heavy (non-hydrogen) atoms. The van der Waals surface area contributed by atoms with Crippen LogP contribution >= 0.6 is 0 Å². The van der Waals surface area contributed by atoms with Gasteiger partial charge in [-0.05, 0) is 12.5 Å². The molecule has 1 heterocycles. The molecule has 5 nitrogen and oxygen atoms in total. The highest BCUT2D eigenvalue weighted by atomic mass is 19.1. The van der Waals surface area contributed by atoms with E-state index in [1.54, 1.807) is 25.2 Å². The number of benzene rings is 1. The van der Waals surface area contributed by atoms with Crippen molar-refractivity contribution in [2.75, 3.05) is 20.2 Å². The molecular formula is C15H19FN2O3. The number of carbonyl (C=O) groups is 2. The predicted molar refractivity (Wildman–Crippen MR) is 75.0 cm³/mol. The third-order valence-corrected chi connectivity index (χ3v) is 3.52. The van der Waals surface area contributed by atoms with Gasteiger partial charge in [0.05, 0.1) is 6.04 Å². The van der Waals surface area contributed by atoms with Crippen LogP contribution in [-0.2, 0) is 14.3 Å². The maximum atomic E-state index is 14.0. The Bertz CT molecular complexity index is 535. The number of carbonyl (C=O) groups excluding carboxylic acids is 2. The molecule has 0 saturated carbocycles. The van der Waals surface area contributed by atoms with Gasteiger partial charge in [0, 0.05) is 19.2 Å². The summed E-state index contributed by atoms with van der Waals surface area (Å²) in [6, 6.07) is 5.36. The van der Waals surface area contributed by atoms with E-state index in [9.17, 15) is 14.0 Å². The number of nitrogens with one attached hydrogen (secondary N) is 1. The lowest BCUT2D eigenvalue weighted by Crippen LogP contribution is -2.53. The maximum Gasteiger partial charge on any atom is 0.251 e. The number of nitrogens with zero attached hydrogens (tertiary/aromatic N) is 1. The van der Waals surface area contributed by atoms with Gasteiger partial charge >= 0.3 is 0 Å². The minimum atomic E-state index is -0.906. The molecule has 0 aliphatic carbocycles. The van der Waals surface area contributed by atoms with Crippen LogP contribution in [-0.4, -0.2) is 43.0 Å². The van der Waals surface area contributed by atoms with Gasteiger partial charge < -0.3 is 15.0 Å². The van der Waals surface area contributed by atoms with Crippen molar-refractivity contribution in [2.45, 2.75) is 25.5 Å². The van der Waals surface area contributed by atoms with Crippen molar-refractivity contribution < 1.29 is 18.7 Å². The lowest BCUT2D eigenvalue weighted by Gasteiger charge is -2.38. The summed E-state index contributed by atoms with van der Waals surface area (Å²) >= 11 is 0. The fraction of sp³-hybridized carbons (Fsp3) is 0.467. The fourth-order valence-electron chi connectivity index (χ4n) is 2.37. The second-order valence-electron chi connectivity index (χ2n) is 4.99. The van der Waals surface area contributed by atoms with Crippen molar-refractivity contribution in [1.82, 2.24) is 10.2 Å². The normalized spacial score (nSPS) is 22.2. The smallest absolute Gasteiger partial charge is 0.251 e. The van der Waals surface area contributed by atoms with E-state index in [1.807, 2.05) is 6.92 Å². The Kier molecular flexibility index (Phi) is 4.90. The Morgan fingerprint density at radius 3 is 2.86 bits per heavy atom. The van der Waals surface area contributed by atoms with Crippen LogP contribution < -0.4 is 5.32 Å². The second-order valence-corrected chi connectivity index (χ2v) is 4.99. The van der Waals surface area contributed by atoms with Crippen molar-refractivity contribution in [3.8, 4) is 0 Å². The highest BCUT2D eigenvalue weighted by Gasteiger charge is 2.40. The zero-order valence-electron chi connectivity index (χ0n) is 12.1. The van der Waals surface area contributed by atoms with E-state index in [0.717, 1.165) is 6.42 Å². The van der Waals surface area contributed by atoms with Gasteiger partial charge in [0.15, 0.2) is 6.10 Å². The zero-order valence-corrected chi connectivity index (χ0v) is 12.1. The average Bonchev–Trinajstić information content (AvgIpc) is 2.48. The van der Waals surface area contributed by atoms with Gasteiger partial charge in [0.25, 0.3) is 5.91 Å². The Hall–Kier alpha value is -1.95. The van der Waals surface area contributed by atoms with Crippen molar-refractivity contribution in [2.24, 2.45) is 0 Å². The Labute approximate surface area is 123 Å². The number of rotatable bonds is 4. The summed E-state index contributed by atoms with van der Waals surface area (Å²) in [6.07, 6.45) is -0.117. The molecule has 1 aromatic carbocycles. The maximum absolute atomic E-state index is 14.0. The summed E-state index contributed by atoms with van der Waals surface area (Å²) < 4.78 is 19.4. The van der Waals surface area contributed by atoms with Crippen molar-refractivity contribution in [1.29, 1.82) is 0 Å². The predicted octanol–water partition coefficient (Wildman–Crippen LogP) is 1.25. The molecule has 2 amide bonds. The lowest BCUT2D eigenvalue weighted by molar-refractivity contribution is -0.162. The van der Waals surface area contributed by atoms with Crippen LogP contribution in [0.3, 0.4) is 0 Å². The van der Waals surface area contributed by atoms with Gasteiger partial charge in [-0.3, -0.25) is 9.59 Å². The van der Waals surface area contributed by atoms with E-state index in [4.69, 9.17) is 4.74 Å². The SMILES string of the molecule is CCCNC(=O)[C@@H]1OCC(=O)N(C)[C@H]1c1ccccc1F. The molecule has 1 N–H and O–H groups in total. The van der Waals surface area contributed by atoms with Gasteiger partial charge in [-0.15, -0.1) is 0 Å². The molecule has 1 aromatic rings. The van der Waals surface area contributed by atoms with E-state index >= 15 is 0 Å². The van der Waals surface area contributed by atoms with Crippen molar-refractivity contribution in [3.63, 3.8) is 0 Å². The molecule has 1 aliphatic rings. The number of hydrogen-bond acceptors (Lipinski definition) is 3. The Balaban J connectivity index is 2.32. The van der Waals surface area contributed by atoms with Crippen LogP contribution in [0.5, 0.6) is 0 Å². The standard InChI is InChI=1S/C15H19FN2O3/c1-3-8-17-15(20)14-13(18(2)12(19)9-21-14)10-6-4-5-7-11(10)16/h4-7,13-14H,3,8-9H2,1-2H3,(H,17,20)/t13-,14+/m0/s1. The lowest BCUT2D eigenvalue weighted by atomic mass is 9.97. The minimum absolute atomic E-state index is 0.175. The fourth-order valence-corrected chi connectivity index (χ4v) is 2.37. The molecule has 1 saturated heterocycles. The van der Waals surface area contributed by atoms with Gasteiger partial charge in [0.2, 0.25) is 5.91 Å². The first-order valence-corrected chi connectivity index (χ1v) is 6.95. The van der Waals surface area contributed by atoms with Crippen molar-refractivity contribution >= 4 is 11.8 Å². The molecule has 2 atom stereocenters. The zero-order chi connectivity index (χ0) is 15.4. The third kappa shape index (κ3) is 3.21. The second kappa shape index (κ2) is 6.67. The number of hydrogen-bond donors (Lipinski definition) is 1. The van der Waals surface area contributed by atoms with E-state index in [0.29, 0.717) is 6.54 Å². The molecule has 114 valence electrons. The van der Waals surface area contributed by atoms with Gasteiger partial charge in [-0.25, -0.2) is 4.39 Å². The first kappa shape index (κ1) is 15.4. The van der Waals surface area contributed by atoms with Gasteiger partial charge in [0.1, 0.15) is 12.4 Å². The van der Waals surface area contributed by atoms with Gasteiger partial charge in [-0.1, -0.05) is 25.1 Å². The highest BCUT2D eigenvalue weighted by molar-refractivity contribution is 5.86. The third-order valence-electron chi connectivity index (χ3n) is 3.52. The summed E-state index contributed by atoms with van der Waals surface area (Å²) in [7, 11) is 1.56. The number of halogens is 1. The molecule has 1 aliphatic heterocycles. The molecular weight excluding hydrogens is 275 g/mol. The van der Waals surface area contributed by atoms with E-state index in [2.05, 4.69) is 5.32 Å². The molecule has 6 heteroatoms. The van der Waals surface area contributed by atoms with Crippen LogP contribution in [0.1, 0.15) is 24.9 Å². The van der Waals surface area contributed by atoms with Crippen molar-refractivity contribution in [3.05, 3.63) is 35.6 Å². The molecule has 0 unspecified atom stereocenters. The minimum Gasteiger partial charge on any atom is -0.356 e. The molecule has 0 aromatic heterocycles. The van der Waals surface area contributed by atoms with Crippen LogP contribution in [0.4, 0.5) is 4.39 Å². The van der Waals surface area contributed by atoms with Crippen LogP contribution in [0.15, 0.2) is 24.3 Å². The average molecular weight is 294 g/mol. The summed E-state index contributed by atoms with van der Waals surface area (Å²) in [5.74, 6) is -1.06. The Morgan fingerprint density at radius 2 is 2.19 bits per heavy atom. The van der Waals surface area contributed by atoms with Crippen LogP contribution in [0, 0.1) is 5.82 Å². The van der Waals surface area contributed by atoms with Crippen LogP contribution in [0.25, 0.3) is 0 Å². The topological polar surface area (TPSA) is 58.6 Å². The Morgan fingerprint density at radius 1 is 1.48 bits per heavy atom. The van der Waals surface area contributed by atoms with E-state index in [-0.39, 0.29) is 24.0 Å². The van der Waals surface area contributed by atoms with Crippen LogP contribution in [0.2, 0.25) is 0 Å². The molecule has 0 bridgehead atoms. The quantitative estimate of drug-likeness (QED) is 0.909. The van der Waals surface area contributed by atoms with E-state index in [1.165, 1.54) is 11.0 Å². The summed E-state index contributed by atoms with van der Waals surface area (Å²) in [5, 5.41) is 2.73. The number of likely N-dealkylation sites (N-methyl/N-ethyl adjacent to an activating group) is 1.